The Morgan fingerprint density at radius 3 is 2.18 bits per heavy atom. The molecule has 0 saturated heterocycles. The number of hydrogen-bond acceptors (Lipinski definition) is 5. The van der Waals surface area contributed by atoms with Crippen LogP contribution in [0.3, 0.4) is 0 Å². The van der Waals surface area contributed by atoms with Crippen molar-refractivity contribution in [1.82, 2.24) is 14.8 Å². The number of nitrogens with zero attached hydrogens (tertiary/aromatic N) is 3. The van der Waals surface area contributed by atoms with E-state index in [1.54, 1.807) is 24.3 Å². The van der Waals surface area contributed by atoms with Crippen LogP contribution in [-0.2, 0) is 9.59 Å². The molecule has 0 aliphatic carbocycles. The Labute approximate surface area is 203 Å². The third kappa shape index (κ3) is 5.68. The van der Waals surface area contributed by atoms with E-state index in [4.69, 9.17) is 0 Å². The van der Waals surface area contributed by atoms with Crippen LogP contribution in [0.4, 0.5) is 11.4 Å². The molecule has 2 N–H and O–H groups in total. The Morgan fingerprint density at radius 1 is 0.879 bits per heavy atom. The predicted molar refractivity (Wildman–Crippen MR) is 135 cm³/mol. The van der Waals surface area contributed by atoms with E-state index in [1.165, 1.54) is 18.7 Å². The zero-order chi connectivity index (χ0) is 23.2. The summed E-state index contributed by atoms with van der Waals surface area (Å²) < 4.78 is 2.85. The summed E-state index contributed by atoms with van der Waals surface area (Å²) in [6.45, 7) is 1.45. The number of hydrogen-bond donors (Lipinski definition) is 2. The SMILES string of the molecule is CC(=O)Nc1ccc(NC(=O)CSc2nnc(-c3ccccc3Br)n2-c2ccccc2)cc1. The summed E-state index contributed by atoms with van der Waals surface area (Å²) in [5.74, 6) is 0.532. The lowest BCUT2D eigenvalue weighted by atomic mass is 10.2. The monoisotopic (exact) mass is 521 g/mol. The van der Waals surface area contributed by atoms with Crippen molar-refractivity contribution >= 4 is 50.9 Å². The Hall–Kier alpha value is -3.43. The molecule has 0 bridgehead atoms. The van der Waals surface area contributed by atoms with E-state index in [0.717, 1.165) is 15.7 Å². The number of halogens is 1. The molecule has 0 fully saturated rings. The predicted octanol–water partition coefficient (Wildman–Crippen LogP) is 5.39. The van der Waals surface area contributed by atoms with Crippen molar-refractivity contribution in [2.24, 2.45) is 0 Å². The van der Waals surface area contributed by atoms with Gasteiger partial charge in [0.15, 0.2) is 11.0 Å². The molecule has 2 amide bonds. The van der Waals surface area contributed by atoms with Crippen LogP contribution in [0.25, 0.3) is 17.1 Å². The molecule has 1 aromatic heterocycles. The van der Waals surface area contributed by atoms with Crippen LogP contribution in [0.5, 0.6) is 0 Å². The van der Waals surface area contributed by atoms with E-state index >= 15 is 0 Å². The van der Waals surface area contributed by atoms with Crippen LogP contribution in [0, 0.1) is 0 Å². The summed E-state index contributed by atoms with van der Waals surface area (Å²) in [5, 5.41) is 15.0. The summed E-state index contributed by atoms with van der Waals surface area (Å²) in [7, 11) is 0. The molecule has 0 radical (unpaired) electrons. The van der Waals surface area contributed by atoms with Crippen molar-refractivity contribution in [1.29, 1.82) is 0 Å². The van der Waals surface area contributed by atoms with Gasteiger partial charge in [-0.25, -0.2) is 0 Å². The number of carbonyl (C=O) groups is 2. The summed E-state index contributed by atoms with van der Waals surface area (Å²) >= 11 is 4.90. The molecule has 0 aliphatic heterocycles. The Balaban J connectivity index is 1.52. The maximum Gasteiger partial charge on any atom is 0.234 e. The summed E-state index contributed by atoms with van der Waals surface area (Å²) in [6, 6.07) is 24.6. The number of anilines is 2. The quantitative estimate of drug-likeness (QED) is 0.318. The molecule has 3 aromatic carbocycles. The smallest absolute Gasteiger partial charge is 0.234 e. The lowest BCUT2D eigenvalue weighted by molar-refractivity contribution is -0.114. The first kappa shape index (κ1) is 22.8. The van der Waals surface area contributed by atoms with Gasteiger partial charge in [0, 0.05) is 34.0 Å². The largest absolute Gasteiger partial charge is 0.326 e. The molecule has 166 valence electrons. The molecule has 4 aromatic rings. The van der Waals surface area contributed by atoms with E-state index < -0.39 is 0 Å². The van der Waals surface area contributed by atoms with Gasteiger partial charge in [0.2, 0.25) is 11.8 Å². The molecule has 4 rings (SSSR count). The Kier molecular flexibility index (Phi) is 7.21. The zero-order valence-corrected chi connectivity index (χ0v) is 20.1. The summed E-state index contributed by atoms with van der Waals surface area (Å²) in [5.41, 5.74) is 3.13. The molecule has 0 atom stereocenters. The van der Waals surface area contributed by atoms with Gasteiger partial charge in [0.05, 0.1) is 5.75 Å². The highest BCUT2D eigenvalue weighted by Gasteiger charge is 2.18. The van der Waals surface area contributed by atoms with Gasteiger partial charge >= 0.3 is 0 Å². The molecule has 0 aliphatic rings. The lowest BCUT2D eigenvalue weighted by Crippen LogP contribution is -2.14. The first-order chi connectivity index (χ1) is 16.0. The zero-order valence-electron chi connectivity index (χ0n) is 17.7. The van der Waals surface area contributed by atoms with Crippen LogP contribution in [-0.4, -0.2) is 32.3 Å². The number of aromatic nitrogens is 3. The standard InChI is InChI=1S/C24H20BrN5O2S/c1-16(31)26-17-11-13-18(14-12-17)27-22(32)15-33-24-29-28-23(20-9-5-6-10-21(20)25)30(24)19-7-3-2-4-8-19/h2-14H,15H2,1H3,(H,26,31)(H,27,32). The van der Waals surface area contributed by atoms with Gasteiger partial charge in [-0.3, -0.25) is 14.2 Å². The Bertz CT molecular complexity index is 1280. The number of rotatable bonds is 7. The molecular formula is C24H20BrN5O2S. The fraction of sp³-hybridized carbons (Fsp3) is 0.0833. The highest BCUT2D eigenvalue weighted by atomic mass is 79.9. The van der Waals surface area contributed by atoms with Crippen LogP contribution >= 0.6 is 27.7 Å². The van der Waals surface area contributed by atoms with Gasteiger partial charge < -0.3 is 10.6 Å². The average molecular weight is 522 g/mol. The second-order valence-electron chi connectivity index (χ2n) is 7.05. The van der Waals surface area contributed by atoms with Crippen molar-refractivity contribution in [3.63, 3.8) is 0 Å². The summed E-state index contributed by atoms with van der Waals surface area (Å²) in [6.07, 6.45) is 0. The van der Waals surface area contributed by atoms with Crippen molar-refractivity contribution in [3.8, 4) is 17.1 Å². The average Bonchev–Trinajstić information content (AvgIpc) is 3.23. The van der Waals surface area contributed by atoms with Crippen LogP contribution < -0.4 is 10.6 Å². The Morgan fingerprint density at radius 2 is 1.52 bits per heavy atom. The first-order valence-electron chi connectivity index (χ1n) is 10.1. The van der Waals surface area contributed by atoms with Gasteiger partial charge in [-0.15, -0.1) is 10.2 Å². The first-order valence-corrected chi connectivity index (χ1v) is 11.8. The van der Waals surface area contributed by atoms with E-state index in [-0.39, 0.29) is 17.6 Å². The minimum Gasteiger partial charge on any atom is -0.326 e. The van der Waals surface area contributed by atoms with Crippen molar-refractivity contribution in [2.75, 3.05) is 16.4 Å². The van der Waals surface area contributed by atoms with Crippen LogP contribution in [0.1, 0.15) is 6.92 Å². The number of thioether (sulfide) groups is 1. The minimum atomic E-state index is -0.169. The lowest BCUT2D eigenvalue weighted by Gasteiger charge is -2.11. The highest BCUT2D eigenvalue weighted by Crippen LogP contribution is 2.32. The molecule has 9 heteroatoms. The van der Waals surface area contributed by atoms with E-state index in [0.29, 0.717) is 22.4 Å². The molecular weight excluding hydrogens is 502 g/mol. The number of para-hydroxylation sites is 1. The minimum absolute atomic E-state index is 0.146. The second kappa shape index (κ2) is 10.5. The van der Waals surface area contributed by atoms with Gasteiger partial charge in [-0.1, -0.05) is 64.1 Å². The number of carbonyl (C=O) groups excluding carboxylic acids is 2. The number of nitrogens with one attached hydrogen (secondary N) is 2. The van der Waals surface area contributed by atoms with Crippen LogP contribution in [0.2, 0.25) is 0 Å². The maximum atomic E-state index is 12.6. The second-order valence-corrected chi connectivity index (χ2v) is 8.85. The molecule has 33 heavy (non-hydrogen) atoms. The summed E-state index contributed by atoms with van der Waals surface area (Å²) in [4.78, 5) is 23.7. The van der Waals surface area contributed by atoms with Gasteiger partial charge in [-0.2, -0.15) is 0 Å². The molecule has 1 heterocycles. The molecule has 0 saturated carbocycles. The molecule has 0 spiro atoms. The van der Waals surface area contributed by atoms with Gasteiger partial charge in [-0.05, 0) is 42.5 Å². The fourth-order valence-corrected chi connectivity index (χ4v) is 4.37. The van der Waals surface area contributed by atoms with Crippen LogP contribution in [0.15, 0.2) is 88.5 Å². The van der Waals surface area contributed by atoms with Gasteiger partial charge in [0.25, 0.3) is 0 Å². The van der Waals surface area contributed by atoms with E-state index in [2.05, 4.69) is 36.8 Å². The van der Waals surface area contributed by atoms with Crippen molar-refractivity contribution in [2.45, 2.75) is 12.1 Å². The number of benzene rings is 3. The van der Waals surface area contributed by atoms with E-state index in [9.17, 15) is 9.59 Å². The third-order valence-electron chi connectivity index (χ3n) is 4.58. The normalized spacial score (nSPS) is 10.6. The van der Waals surface area contributed by atoms with Crippen molar-refractivity contribution in [3.05, 3.63) is 83.3 Å². The van der Waals surface area contributed by atoms with Gasteiger partial charge in [0.1, 0.15) is 0 Å². The molecule has 7 nitrogen and oxygen atoms in total. The number of amides is 2. The molecule has 0 unspecified atom stereocenters. The topological polar surface area (TPSA) is 88.9 Å². The fourth-order valence-electron chi connectivity index (χ4n) is 3.16. The highest BCUT2D eigenvalue weighted by molar-refractivity contribution is 9.10. The third-order valence-corrected chi connectivity index (χ3v) is 6.20. The van der Waals surface area contributed by atoms with E-state index in [1.807, 2.05) is 59.2 Å². The maximum absolute atomic E-state index is 12.6. The van der Waals surface area contributed by atoms with Crippen molar-refractivity contribution < 1.29 is 9.59 Å².